The monoisotopic (exact) mass is 276 g/mol. The first-order valence-electron chi connectivity index (χ1n) is 7.43. The summed E-state index contributed by atoms with van der Waals surface area (Å²) in [5.41, 5.74) is 1.84. The second-order valence-corrected chi connectivity index (χ2v) is 5.53. The molecule has 0 aliphatic heterocycles. The summed E-state index contributed by atoms with van der Waals surface area (Å²) in [5.74, 6) is -0.0454. The standard InChI is InChI=1S/C16H24N2O2/c1-12-6-8-13(9-7-12)16(20)18-11-10-17-14-4-2-3-5-15(14)19/h6-9,14-15,17,19H,2-5,10-11H2,1H3,(H,18,20)/t14-,15-/m0/s1. The minimum absolute atomic E-state index is 0.0454. The van der Waals surface area contributed by atoms with E-state index in [1.807, 2.05) is 31.2 Å². The Morgan fingerprint density at radius 3 is 2.60 bits per heavy atom. The summed E-state index contributed by atoms with van der Waals surface area (Å²) >= 11 is 0. The summed E-state index contributed by atoms with van der Waals surface area (Å²) in [5, 5.41) is 16.0. The zero-order valence-corrected chi connectivity index (χ0v) is 12.1. The zero-order chi connectivity index (χ0) is 14.4. The van der Waals surface area contributed by atoms with Crippen molar-refractivity contribution in [3.63, 3.8) is 0 Å². The summed E-state index contributed by atoms with van der Waals surface area (Å²) in [6.07, 6.45) is 3.95. The zero-order valence-electron chi connectivity index (χ0n) is 12.1. The van der Waals surface area contributed by atoms with Gasteiger partial charge in [-0.2, -0.15) is 0 Å². The largest absolute Gasteiger partial charge is 0.392 e. The molecule has 3 N–H and O–H groups in total. The molecule has 0 heterocycles. The first-order valence-corrected chi connectivity index (χ1v) is 7.43. The van der Waals surface area contributed by atoms with Gasteiger partial charge in [0.25, 0.3) is 5.91 Å². The predicted octanol–water partition coefficient (Wildman–Crippen LogP) is 1.62. The van der Waals surface area contributed by atoms with Crippen LogP contribution in [0.3, 0.4) is 0 Å². The van der Waals surface area contributed by atoms with Gasteiger partial charge in [0.15, 0.2) is 0 Å². The summed E-state index contributed by atoms with van der Waals surface area (Å²) in [6, 6.07) is 7.73. The van der Waals surface area contributed by atoms with E-state index in [0.29, 0.717) is 18.7 Å². The second kappa shape index (κ2) is 7.41. The van der Waals surface area contributed by atoms with Crippen LogP contribution in [0.25, 0.3) is 0 Å². The van der Waals surface area contributed by atoms with Crippen LogP contribution < -0.4 is 10.6 Å². The highest BCUT2D eigenvalue weighted by molar-refractivity contribution is 5.94. The Morgan fingerprint density at radius 2 is 1.90 bits per heavy atom. The van der Waals surface area contributed by atoms with Crippen molar-refractivity contribution in [1.29, 1.82) is 0 Å². The minimum atomic E-state index is -0.239. The normalized spacial score (nSPS) is 22.5. The Morgan fingerprint density at radius 1 is 1.20 bits per heavy atom. The van der Waals surface area contributed by atoms with Crippen LogP contribution in [-0.4, -0.2) is 36.2 Å². The number of nitrogens with one attached hydrogen (secondary N) is 2. The van der Waals surface area contributed by atoms with Crippen molar-refractivity contribution in [1.82, 2.24) is 10.6 Å². The van der Waals surface area contributed by atoms with E-state index < -0.39 is 0 Å². The number of hydrogen-bond acceptors (Lipinski definition) is 3. The summed E-state index contributed by atoms with van der Waals surface area (Å²) in [4.78, 5) is 11.9. The topological polar surface area (TPSA) is 61.4 Å². The average molecular weight is 276 g/mol. The van der Waals surface area contributed by atoms with Gasteiger partial charge in [-0.05, 0) is 31.9 Å². The van der Waals surface area contributed by atoms with E-state index in [4.69, 9.17) is 0 Å². The lowest BCUT2D eigenvalue weighted by atomic mass is 9.93. The SMILES string of the molecule is Cc1ccc(C(=O)NCCN[C@H]2CCCC[C@@H]2O)cc1. The fraction of sp³-hybridized carbons (Fsp3) is 0.562. The molecule has 0 unspecified atom stereocenters. The summed E-state index contributed by atoms with van der Waals surface area (Å²) < 4.78 is 0. The number of benzene rings is 1. The van der Waals surface area contributed by atoms with Crippen molar-refractivity contribution in [3.8, 4) is 0 Å². The van der Waals surface area contributed by atoms with Crippen LogP contribution in [0.5, 0.6) is 0 Å². The van der Waals surface area contributed by atoms with Gasteiger partial charge in [-0.15, -0.1) is 0 Å². The molecule has 0 saturated heterocycles. The van der Waals surface area contributed by atoms with Crippen LogP contribution in [0.2, 0.25) is 0 Å². The maximum Gasteiger partial charge on any atom is 0.251 e. The van der Waals surface area contributed by atoms with E-state index >= 15 is 0 Å². The van der Waals surface area contributed by atoms with Crippen LogP contribution in [-0.2, 0) is 0 Å². The van der Waals surface area contributed by atoms with Gasteiger partial charge in [0, 0.05) is 24.7 Å². The fourth-order valence-electron chi connectivity index (χ4n) is 2.59. The van der Waals surface area contributed by atoms with Gasteiger partial charge in [0.05, 0.1) is 6.10 Å². The lowest BCUT2D eigenvalue weighted by molar-refractivity contribution is 0.0897. The van der Waals surface area contributed by atoms with Gasteiger partial charge in [-0.1, -0.05) is 30.5 Å². The number of hydrogen-bond donors (Lipinski definition) is 3. The third-order valence-electron chi connectivity index (χ3n) is 3.86. The highest BCUT2D eigenvalue weighted by Gasteiger charge is 2.21. The van der Waals surface area contributed by atoms with Gasteiger partial charge in [0.2, 0.25) is 0 Å². The lowest BCUT2D eigenvalue weighted by Gasteiger charge is -2.28. The molecular formula is C16H24N2O2. The number of rotatable bonds is 5. The fourth-order valence-corrected chi connectivity index (χ4v) is 2.59. The van der Waals surface area contributed by atoms with Crippen LogP contribution in [0, 0.1) is 6.92 Å². The lowest BCUT2D eigenvalue weighted by Crippen LogP contribution is -2.45. The number of carbonyl (C=O) groups is 1. The highest BCUT2D eigenvalue weighted by Crippen LogP contribution is 2.17. The third kappa shape index (κ3) is 4.32. The van der Waals surface area contributed by atoms with Crippen molar-refractivity contribution in [2.24, 2.45) is 0 Å². The Kier molecular flexibility index (Phi) is 5.56. The summed E-state index contributed by atoms with van der Waals surface area (Å²) in [7, 11) is 0. The van der Waals surface area contributed by atoms with Crippen molar-refractivity contribution in [3.05, 3.63) is 35.4 Å². The molecule has 2 rings (SSSR count). The molecule has 0 spiro atoms. The maximum atomic E-state index is 11.9. The first-order chi connectivity index (χ1) is 9.66. The Balaban J connectivity index is 1.67. The van der Waals surface area contributed by atoms with Gasteiger partial charge >= 0.3 is 0 Å². The Bertz CT molecular complexity index is 431. The van der Waals surface area contributed by atoms with E-state index in [1.54, 1.807) is 0 Å². The van der Waals surface area contributed by atoms with Crippen LogP contribution >= 0.6 is 0 Å². The van der Waals surface area contributed by atoms with Crippen molar-refractivity contribution >= 4 is 5.91 Å². The predicted molar refractivity (Wildman–Crippen MR) is 79.8 cm³/mol. The van der Waals surface area contributed by atoms with E-state index in [2.05, 4.69) is 10.6 Å². The molecule has 4 nitrogen and oxygen atoms in total. The molecule has 1 aliphatic carbocycles. The van der Waals surface area contributed by atoms with Crippen molar-refractivity contribution < 1.29 is 9.90 Å². The van der Waals surface area contributed by atoms with E-state index in [0.717, 1.165) is 24.8 Å². The Hall–Kier alpha value is -1.39. The molecule has 1 aliphatic rings. The quantitative estimate of drug-likeness (QED) is 0.716. The average Bonchev–Trinajstić information content (AvgIpc) is 2.46. The molecule has 1 amide bonds. The minimum Gasteiger partial charge on any atom is -0.392 e. The molecule has 110 valence electrons. The molecular weight excluding hydrogens is 252 g/mol. The molecule has 1 aromatic rings. The molecule has 1 fully saturated rings. The van der Waals surface area contributed by atoms with E-state index in [9.17, 15) is 9.90 Å². The molecule has 0 bridgehead atoms. The van der Waals surface area contributed by atoms with Crippen LogP contribution in [0.1, 0.15) is 41.6 Å². The summed E-state index contributed by atoms with van der Waals surface area (Å²) in [6.45, 7) is 3.27. The van der Waals surface area contributed by atoms with Crippen LogP contribution in [0.15, 0.2) is 24.3 Å². The number of amides is 1. The second-order valence-electron chi connectivity index (χ2n) is 5.53. The molecule has 1 aromatic carbocycles. The van der Waals surface area contributed by atoms with Gasteiger partial charge < -0.3 is 15.7 Å². The first kappa shape index (κ1) is 15.0. The molecule has 4 heteroatoms. The number of aliphatic hydroxyl groups excluding tert-OH is 1. The van der Waals surface area contributed by atoms with Gasteiger partial charge in [-0.3, -0.25) is 4.79 Å². The molecule has 0 aromatic heterocycles. The molecule has 2 atom stereocenters. The molecule has 1 saturated carbocycles. The molecule has 0 radical (unpaired) electrons. The van der Waals surface area contributed by atoms with E-state index in [1.165, 1.54) is 6.42 Å². The highest BCUT2D eigenvalue weighted by atomic mass is 16.3. The number of carbonyl (C=O) groups excluding carboxylic acids is 1. The van der Waals surface area contributed by atoms with Crippen LogP contribution in [0.4, 0.5) is 0 Å². The number of aliphatic hydroxyl groups is 1. The Labute approximate surface area is 120 Å². The maximum absolute atomic E-state index is 11.9. The van der Waals surface area contributed by atoms with Crippen molar-refractivity contribution in [2.75, 3.05) is 13.1 Å². The van der Waals surface area contributed by atoms with E-state index in [-0.39, 0.29) is 18.1 Å². The van der Waals surface area contributed by atoms with Gasteiger partial charge in [-0.25, -0.2) is 0 Å². The molecule has 20 heavy (non-hydrogen) atoms. The number of aryl methyl sites for hydroxylation is 1. The third-order valence-corrected chi connectivity index (χ3v) is 3.86. The van der Waals surface area contributed by atoms with Gasteiger partial charge in [0.1, 0.15) is 0 Å². The smallest absolute Gasteiger partial charge is 0.251 e. The van der Waals surface area contributed by atoms with Crippen molar-refractivity contribution in [2.45, 2.75) is 44.8 Å².